The molecule has 2 heterocycles. The highest BCUT2D eigenvalue weighted by atomic mass is 32.1. The van der Waals surface area contributed by atoms with Gasteiger partial charge in [-0.2, -0.15) is 4.99 Å². The fraction of sp³-hybridized carbons (Fsp3) is 0.265. The first kappa shape index (κ1) is 32.6. The fourth-order valence-electron chi connectivity index (χ4n) is 4.96. The number of carbonyl (C=O) groups excluding carboxylic acids is 1. The SMILES string of the molecule is CCCc1ccc(C)cc1-n1c(C)csc1=NC(=O)N=C(C)C(C)c1ccc(-c2ncn(-c3ccc(OC(F)(F)F)cc3)n2)cc1. The van der Waals surface area contributed by atoms with Gasteiger partial charge in [0.25, 0.3) is 0 Å². The fourth-order valence-corrected chi connectivity index (χ4v) is 5.82. The lowest BCUT2D eigenvalue weighted by atomic mass is 9.96. The van der Waals surface area contributed by atoms with E-state index in [1.165, 1.54) is 52.2 Å². The quantitative estimate of drug-likeness (QED) is 0.158. The van der Waals surface area contributed by atoms with E-state index in [1.807, 2.05) is 55.0 Å². The zero-order valence-electron chi connectivity index (χ0n) is 26.0. The van der Waals surface area contributed by atoms with Crippen LogP contribution in [0.15, 0.2) is 88.4 Å². The van der Waals surface area contributed by atoms with Crippen LogP contribution >= 0.6 is 11.3 Å². The summed E-state index contributed by atoms with van der Waals surface area (Å²) in [6.07, 6.45) is -1.34. The van der Waals surface area contributed by atoms with Crippen LogP contribution in [0.25, 0.3) is 22.8 Å². The highest BCUT2D eigenvalue weighted by Crippen LogP contribution is 2.25. The average molecular weight is 647 g/mol. The maximum atomic E-state index is 13.0. The number of aliphatic imine (C=N–C) groups is 1. The monoisotopic (exact) mass is 646 g/mol. The van der Waals surface area contributed by atoms with Crippen LogP contribution in [0.4, 0.5) is 18.0 Å². The van der Waals surface area contributed by atoms with Gasteiger partial charge in [-0.15, -0.1) is 29.6 Å². The number of thiazole rings is 1. The molecule has 1 atom stereocenters. The van der Waals surface area contributed by atoms with Crippen molar-refractivity contribution in [3.8, 4) is 28.5 Å². The summed E-state index contributed by atoms with van der Waals surface area (Å²) in [5.74, 6) is -0.0188. The summed E-state index contributed by atoms with van der Waals surface area (Å²) in [5.41, 5.74) is 7.24. The first-order valence-corrected chi connectivity index (χ1v) is 15.6. The van der Waals surface area contributed by atoms with Gasteiger partial charge in [-0.05, 0) is 74.2 Å². The van der Waals surface area contributed by atoms with E-state index in [0.717, 1.165) is 40.9 Å². The summed E-state index contributed by atoms with van der Waals surface area (Å²) in [6, 6.07) is 18.8. The summed E-state index contributed by atoms with van der Waals surface area (Å²) >= 11 is 1.41. The van der Waals surface area contributed by atoms with Crippen molar-refractivity contribution in [1.29, 1.82) is 0 Å². The molecule has 2 aromatic heterocycles. The molecule has 0 saturated carbocycles. The van der Waals surface area contributed by atoms with Gasteiger partial charge >= 0.3 is 12.4 Å². The molecule has 0 spiro atoms. The maximum absolute atomic E-state index is 13.0. The third-order valence-electron chi connectivity index (χ3n) is 7.47. The van der Waals surface area contributed by atoms with Crippen molar-refractivity contribution in [2.45, 2.75) is 59.7 Å². The Bertz CT molecular complexity index is 1940. The van der Waals surface area contributed by atoms with E-state index in [-0.39, 0.29) is 11.7 Å². The first-order chi connectivity index (χ1) is 21.9. The molecular formula is C34H33F3N6O2S. The number of amides is 2. The maximum Gasteiger partial charge on any atom is 0.573 e. The van der Waals surface area contributed by atoms with Gasteiger partial charge in [-0.1, -0.05) is 56.7 Å². The number of halogens is 3. The number of nitrogens with zero attached hydrogens (tertiary/aromatic N) is 6. The second-order valence-corrected chi connectivity index (χ2v) is 11.8. The molecule has 0 N–H and O–H groups in total. The lowest BCUT2D eigenvalue weighted by molar-refractivity contribution is -0.274. The predicted octanol–water partition coefficient (Wildman–Crippen LogP) is 8.54. The van der Waals surface area contributed by atoms with Gasteiger partial charge in [0, 0.05) is 28.3 Å². The summed E-state index contributed by atoms with van der Waals surface area (Å²) in [7, 11) is 0. The zero-order valence-corrected chi connectivity index (χ0v) is 26.9. The Morgan fingerprint density at radius 3 is 2.43 bits per heavy atom. The zero-order chi connectivity index (χ0) is 33.0. The Hall–Kier alpha value is -4.84. The molecule has 8 nitrogen and oxygen atoms in total. The molecule has 5 aromatic rings. The van der Waals surface area contributed by atoms with Gasteiger partial charge in [-0.3, -0.25) is 4.57 Å². The molecule has 2 amide bonds. The van der Waals surface area contributed by atoms with Crippen LogP contribution < -0.4 is 9.54 Å². The third kappa shape index (κ3) is 7.68. The van der Waals surface area contributed by atoms with Crippen LogP contribution in [0.1, 0.15) is 55.5 Å². The van der Waals surface area contributed by atoms with E-state index in [1.54, 1.807) is 0 Å². The van der Waals surface area contributed by atoms with Crippen LogP contribution in [0.3, 0.4) is 0 Å². The van der Waals surface area contributed by atoms with Crippen molar-refractivity contribution in [3.05, 3.63) is 106 Å². The van der Waals surface area contributed by atoms with E-state index in [0.29, 0.717) is 22.0 Å². The molecule has 12 heteroatoms. The highest BCUT2D eigenvalue weighted by molar-refractivity contribution is 7.07. The molecule has 0 bridgehead atoms. The van der Waals surface area contributed by atoms with Crippen molar-refractivity contribution in [2.24, 2.45) is 9.98 Å². The largest absolute Gasteiger partial charge is 0.573 e. The number of urea groups is 1. The molecule has 3 aromatic carbocycles. The lowest BCUT2D eigenvalue weighted by Gasteiger charge is -2.13. The summed E-state index contributed by atoms with van der Waals surface area (Å²) in [6.45, 7) is 9.99. The Labute approximate surface area is 268 Å². The molecular weight excluding hydrogens is 613 g/mol. The van der Waals surface area contributed by atoms with Crippen molar-refractivity contribution in [1.82, 2.24) is 19.3 Å². The van der Waals surface area contributed by atoms with E-state index < -0.39 is 12.4 Å². The number of aromatic nitrogens is 4. The molecule has 0 aliphatic heterocycles. The molecule has 0 radical (unpaired) electrons. The van der Waals surface area contributed by atoms with Crippen LogP contribution in [0.2, 0.25) is 0 Å². The van der Waals surface area contributed by atoms with Gasteiger partial charge in [-0.25, -0.2) is 19.5 Å². The van der Waals surface area contributed by atoms with Crippen LogP contribution in [-0.2, 0) is 6.42 Å². The average Bonchev–Trinajstić information content (AvgIpc) is 3.64. The second kappa shape index (κ2) is 13.7. The highest BCUT2D eigenvalue weighted by Gasteiger charge is 2.31. The summed E-state index contributed by atoms with van der Waals surface area (Å²) in [4.78, 5) is 26.7. The number of aryl methyl sites for hydroxylation is 3. The van der Waals surface area contributed by atoms with E-state index in [2.05, 4.69) is 56.9 Å². The van der Waals surface area contributed by atoms with Gasteiger partial charge in [0.05, 0.1) is 11.4 Å². The van der Waals surface area contributed by atoms with E-state index >= 15 is 0 Å². The standard InChI is InChI=1S/C34H33F3N6O2S/c1-6-7-26-9-8-21(2)18-30(26)43-22(3)19-46-33(43)40-32(44)39-24(5)23(4)25-10-12-27(13-11-25)31-38-20-42(41-31)28-14-16-29(17-15-28)45-34(35,36)37/h8-20,23H,6-7H2,1-5H3. The number of ether oxygens (including phenoxy) is 1. The summed E-state index contributed by atoms with van der Waals surface area (Å²) < 4.78 is 44.8. The van der Waals surface area contributed by atoms with Crippen LogP contribution in [-0.4, -0.2) is 37.4 Å². The van der Waals surface area contributed by atoms with E-state index in [9.17, 15) is 18.0 Å². The summed E-state index contributed by atoms with van der Waals surface area (Å²) in [5, 5.41) is 6.45. The first-order valence-electron chi connectivity index (χ1n) is 14.7. The van der Waals surface area contributed by atoms with Crippen molar-refractivity contribution >= 4 is 23.1 Å². The number of rotatable bonds is 8. The number of benzene rings is 3. The van der Waals surface area contributed by atoms with Crippen molar-refractivity contribution < 1.29 is 22.7 Å². The van der Waals surface area contributed by atoms with E-state index in [4.69, 9.17) is 0 Å². The Kier molecular flexibility index (Phi) is 9.66. The molecule has 46 heavy (non-hydrogen) atoms. The van der Waals surface area contributed by atoms with Crippen LogP contribution in [0, 0.1) is 13.8 Å². The molecule has 238 valence electrons. The van der Waals surface area contributed by atoms with Gasteiger partial charge in [0.1, 0.15) is 12.1 Å². The number of carbonyl (C=O) groups is 1. The van der Waals surface area contributed by atoms with Crippen LogP contribution in [0.5, 0.6) is 5.75 Å². The smallest absolute Gasteiger partial charge is 0.406 e. The minimum atomic E-state index is -4.76. The van der Waals surface area contributed by atoms with Gasteiger partial charge < -0.3 is 4.74 Å². The Morgan fingerprint density at radius 1 is 1.04 bits per heavy atom. The van der Waals surface area contributed by atoms with Crippen molar-refractivity contribution in [2.75, 3.05) is 0 Å². The molecule has 0 aliphatic rings. The molecule has 0 fully saturated rings. The predicted molar refractivity (Wildman–Crippen MR) is 173 cm³/mol. The lowest BCUT2D eigenvalue weighted by Crippen LogP contribution is -2.18. The van der Waals surface area contributed by atoms with Gasteiger partial charge in [0.15, 0.2) is 10.6 Å². The molecule has 0 saturated heterocycles. The topological polar surface area (TPSA) is 86.7 Å². The molecule has 1 unspecified atom stereocenters. The second-order valence-electron chi connectivity index (χ2n) is 10.9. The Morgan fingerprint density at radius 2 is 1.76 bits per heavy atom. The minimum absolute atomic E-state index is 0.152. The normalized spacial score (nSPS) is 13.2. The Balaban J connectivity index is 1.31. The number of hydrogen-bond acceptors (Lipinski definition) is 5. The number of alkyl halides is 3. The third-order valence-corrected chi connectivity index (χ3v) is 8.41. The number of hydrogen-bond donors (Lipinski definition) is 0. The van der Waals surface area contributed by atoms with Gasteiger partial charge in [0.2, 0.25) is 0 Å². The minimum Gasteiger partial charge on any atom is -0.406 e. The van der Waals surface area contributed by atoms with Crippen molar-refractivity contribution in [3.63, 3.8) is 0 Å². The molecule has 5 rings (SSSR count). The molecule has 0 aliphatic carbocycles.